The third-order valence-electron chi connectivity index (χ3n) is 4.38. The zero-order chi connectivity index (χ0) is 17.6. The summed E-state index contributed by atoms with van der Waals surface area (Å²) in [5.41, 5.74) is 1.39. The Morgan fingerprint density at radius 1 is 1.08 bits per heavy atom. The van der Waals surface area contributed by atoms with Crippen LogP contribution in [0.4, 0.5) is 4.39 Å². The van der Waals surface area contributed by atoms with E-state index >= 15 is 0 Å². The van der Waals surface area contributed by atoms with Crippen molar-refractivity contribution >= 4 is 11.0 Å². The molecule has 1 aliphatic heterocycles. The Balaban J connectivity index is 1.84. The molecule has 7 nitrogen and oxygen atoms in total. The van der Waals surface area contributed by atoms with Gasteiger partial charge in [-0.05, 0) is 6.07 Å². The summed E-state index contributed by atoms with van der Waals surface area (Å²) in [5, 5.41) is 29.9. The average molecular weight is 345 g/mol. The van der Waals surface area contributed by atoms with Crippen molar-refractivity contribution < 1.29 is 24.4 Å². The normalized spacial score (nSPS) is 26.4. The fraction of sp³-hybridized carbons (Fsp3) is 0.294. The van der Waals surface area contributed by atoms with E-state index in [2.05, 4.69) is 9.97 Å². The molecule has 1 fully saturated rings. The fourth-order valence-electron chi connectivity index (χ4n) is 3.14. The van der Waals surface area contributed by atoms with E-state index in [0.717, 1.165) is 5.56 Å². The number of aromatic nitrogens is 3. The minimum Gasteiger partial charge on any atom is -0.394 e. The van der Waals surface area contributed by atoms with Crippen LogP contribution in [-0.4, -0.2) is 54.8 Å². The lowest BCUT2D eigenvalue weighted by molar-refractivity contribution is -0.0509. The first-order valence-electron chi connectivity index (χ1n) is 7.82. The van der Waals surface area contributed by atoms with E-state index in [-0.39, 0.29) is 5.65 Å². The molecule has 0 radical (unpaired) electrons. The number of hydrogen-bond donors (Lipinski definition) is 3. The highest BCUT2D eigenvalue weighted by molar-refractivity contribution is 5.90. The van der Waals surface area contributed by atoms with Crippen molar-refractivity contribution in [3.05, 3.63) is 48.7 Å². The van der Waals surface area contributed by atoms with Crippen molar-refractivity contribution in [2.75, 3.05) is 6.61 Å². The lowest BCUT2D eigenvalue weighted by Crippen LogP contribution is -2.33. The van der Waals surface area contributed by atoms with Crippen molar-refractivity contribution in [1.82, 2.24) is 14.5 Å². The molecule has 0 aliphatic carbocycles. The molecular formula is C17H16FN3O4. The minimum absolute atomic E-state index is 0.237. The first-order valence-corrected chi connectivity index (χ1v) is 7.82. The van der Waals surface area contributed by atoms with E-state index in [4.69, 9.17) is 4.74 Å². The van der Waals surface area contributed by atoms with Gasteiger partial charge in [0.25, 0.3) is 0 Å². The van der Waals surface area contributed by atoms with E-state index in [9.17, 15) is 19.7 Å². The quantitative estimate of drug-likeness (QED) is 0.609. The third kappa shape index (κ3) is 2.59. The molecule has 0 bridgehead atoms. The molecule has 1 aliphatic rings. The first kappa shape index (κ1) is 16.1. The number of ether oxygens (including phenoxy) is 1. The molecule has 0 saturated carbocycles. The molecule has 4 atom stereocenters. The Labute approximate surface area is 142 Å². The standard InChI is InChI=1S/C17H16FN3O4/c18-17-19-12(9-4-2-1-3-5-9)10-6-7-21(15(10)20-17)16-14(24)13(23)11(8-22)25-16/h1-7,11,13-14,16,22-24H,8H2/t11-,13?,14?,16-/m1/s1. The predicted molar refractivity (Wildman–Crippen MR) is 85.9 cm³/mol. The van der Waals surface area contributed by atoms with Gasteiger partial charge in [-0.15, -0.1) is 0 Å². The molecule has 4 rings (SSSR count). The summed E-state index contributed by atoms with van der Waals surface area (Å²) in [4.78, 5) is 7.72. The average Bonchev–Trinajstić information content (AvgIpc) is 3.16. The number of hydrogen-bond acceptors (Lipinski definition) is 6. The summed E-state index contributed by atoms with van der Waals surface area (Å²) in [7, 11) is 0. The summed E-state index contributed by atoms with van der Waals surface area (Å²) in [6, 6.07) is 10.8. The van der Waals surface area contributed by atoms with Crippen LogP contribution < -0.4 is 0 Å². The number of fused-ring (bicyclic) bond motifs is 1. The predicted octanol–water partition coefficient (Wildman–Crippen LogP) is 0.849. The van der Waals surface area contributed by atoms with E-state index in [1.807, 2.05) is 30.3 Å². The highest BCUT2D eigenvalue weighted by atomic mass is 19.1. The number of nitrogens with zero attached hydrogens (tertiary/aromatic N) is 3. The Hall–Kier alpha value is -2.39. The maximum Gasteiger partial charge on any atom is 0.311 e. The Morgan fingerprint density at radius 3 is 2.52 bits per heavy atom. The van der Waals surface area contributed by atoms with Crippen molar-refractivity contribution in [2.24, 2.45) is 0 Å². The van der Waals surface area contributed by atoms with E-state index in [0.29, 0.717) is 11.1 Å². The Morgan fingerprint density at radius 2 is 1.84 bits per heavy atom. The molecule has 3 heterocycles. The summed E-state index contributed by atoms with van der Waals surface area (Å²) in [6.07, 6.45) is -3.73. The van der Waals surface area contributed by atoms with Gasteiger partial charge >= 0.3 is 6.08 Å². The van der Waals surface area contributed by atoms with E-state index < -0.39 is 37.2 Å². The monoisotopic (exact) mass is 345 g/mol. The molecule has 2 unspecified atom stereocenters. The maximum atomic E-state index is 14.0. The van der Waals surface area contributed by atoms with Gasteiger partial charge in [-0.25, -0.2) is 4.98 Å². The van der Waals surface area contributed by atoms with Crippen LogP contribution in [0.25, 0.3) is 22.3 Å². The molecule has 1 saturated heterocycles. The third-order valence-corrected chi connectivity index (χ3v) is 4.38. The van der Waals surface area contributed by atoms with Gasteiger partial charge in [0, 0.05) is 17.1 Å². The Kier molecular flexibility index (Phi) is 3.97. The van der Waals surface area contributed by atoms with Crippen molar-refractivity contribution in [3.8, 4) is 11.3 Å². The fourth-order valence-corrected chi connectivity index (χ4v) is 3.14. The van der Waals surface area contributed by atoms with Gasteiger partial charge in [0.1, 0.15) is 24.0 Å². The number of halogens is 1. The van der Waals surface area contributed by atoms with Crippen LogP contribution in [0.15, 0.2) is 42.6 Å². The number of aliphatic hydroxyl groups excluding tert-OH is 3. The van der Waals surface area contributed by atoms with Crippen molar-refractivity contribution in [3.63, 3.8) is 0 Å². The molecule has 0 spiro atoms. The molecule has 1 aromatic carbocycles. The number of aliphatic hydroxyl groups is 3. The molecule has 0 amide bonds. The van der Waals surface area contributed by atoms with Gasteiger partial charge in [0.05, 0.1) is 12.3 Å². The smallest absolute Gasteiger partial charge is 0.311 e. The van der Waals surface area contributed by atoms with Crippen LogP contribution in [0.5, 0.6) is 0 Å². The summed E-state index contributed by atoms with van der Waals surface area (Å²) >= 11 is 0. The number of benzene rings is 1. The van der Waals surface area contributed by atoms with E-state index in [1.165, 1.54) is 4.57 Å². The molecule has 2 aromatic heterocycles. The van der Waals surface area contributed by atoms with E-state index in [1.54, 1.807) is 12.3 Å². The lowest BCUT2D eigenvalue weighted by Gasteiger charge is -2.17. The maximum absolute atomic E-state index is 14.0. The van der Waals surface area contributed by atoms with Crippen LogP contribution in [0.2, 0.25) is 0 Å². The zero-order valence-corrected chi connectivity index (χ0v) is 13.0. The number of rotatable bonds is 3. The molecule has 25 heavy (non-hydrogen) atoms. The van der Waals surface area contributed by atoms with Crippen LogP contribution >= 0.6 is 0 Å². The van der Waals surface area contributed by atoms with Gasteiger partial charge < -0.3 is 24.6 Å². The molecule has 130 valence electrons. The topological polar surface area (TPSA) is 101 Å². The molecule has 3 aromatic rings. The largest absolute Gasteiger partial charge is 0.394 e. The molecule has 3 N–H and O–H groups in total. The SMILES string of the molecule is OC[C@H]1O[C@@H](n2ccc3c(-c4ccccc4)nc(F)nc32)C(O)C1O. The van der Waals surface area contributed by atoms with Crippen molar-refractivity contribution in [2.45, 2.75) is 24.5 Å². The van der Waals surface area contributed by atoms with Crippen LogP contribution in [0.3, 0.4) is 0 Å². The van der Waals surface area contributed by atoms with Gasteiger partial charge in [-0.3, -0.25) is 0 Å². The minimum atomic E-state index is -1.27. The second-order valence-corrected chi connectivity index (χ2v) is 5.90. The van der Waals surface area contributed by atoms with Crippen molar-refractivity contribution in [1.29, 1.82) is 0 Å². The lowest BCUT2D eigenvalue weighted by atomic mass is 10.1. The zero-order valence-electron chi connectivity index (χ0n) is 13.0. The second-order valence-electron chi connectivity index (χ2n) is 5.90. The van der Waals surface area contributed by atoms with Gasteiger partial charge in [0.2, 0.25) is 0 Å². The Bertz CT molecular complexity index is 902. The summed E-state index contributed by atoms with van der Waals surface area (Å²) in [5.74, 6) is 0. The van der Waals surface area contributed by atoms with Gasteiger partial charge in [-0.1, -0.05) is 30.3 Å². The summed E-state index contributed by atoms with van der Waals surface area (Å²) < 4.78 is 21.0. The van der Waals surface area contributed by atoms with Gasteiger partial charge in [0.15, 0.2) is 6.23 Å². The first-order chi connectivity index (χ1) is 12.1. The highest BCUT2D eigenvalue weighted by Crippen LogP contribution is 2.34. The molecule has 8 heteroatoms. The van der Waals surface area contributed by atoms with Gasteiger partial charge in [-0.2, -0.15) is 9.37 Å². The highest BCUT2D eigenvalue weighted by Gasteiger charge is 2.43. The van der Waals surface area contributed by atoms with Crippen LogP contribution in [-0.2, 0) is 4.74 Å². The van der Waals surface area contributed by atoms with Crippen LogP contribution in [0.1, 0.15) is 6.23 Å². The summed E-state index contributed by atoms with van der Waals surface area (Å²) in [6.45, 7) is -0.438. The second kappa shape index (κ2) is 6.16. The van der Waals surface area contributed by atoms with Crippen LogP contribution in [0, 0.1) is 6.08 Å². The molecular weight excluding hydrogens is 329 g/mol.